The Morgan fingerprint density at radius 3 is 2.24 bits per heavy atom. The average Bonchev–Trinajstić information content (AvgIpc) is 2.89. The van der Waals surface area contributed by atoms with E-state index in [9.17, 15) is 22.8 Å². The zero-order valence-electron chi connectivity index (χ0n) is 19.9. The maximum atomic E-state index is 13.3. The number of benzene rings is 2. The van der Waals surface area contributed by atoms with Crippen LogP contribution in [0.2, 0.25) is 5.02 Å². The Balaban J connectivity index is 1.80. The first-order chi connectivity index (χ1) is 17.6. The molecule has 0 aliphatic heterocycles. The highest BCUT2D eigenvalue weighted by atomic mass is 35.5. The van der Waals surface area contributed by atoms with Gasteiger partial charge in [-0.25, -0.2) is 4.98 Å². The Morgan fingerprint density at radius 1 is 0.919 bits per heavy atom. The third-order valence-electron chi connectivity index (χ3n) is 5.32. The summed E-state index contributed by atoms with van der Waals surface area (Å²) in [6, 6.07) is 10.6. The summed E-state index contributed by atoms with van der Waals surface area (Å²) in [5.41, 5.74) is -0.677. The molecule has 0 radical (unpaired) electrons. The predicted octanol–water partition coefficient (Wildman–Crippen LogP) is 5.65. The average molecular weight is 538 g/mol. The maximum absolute atomic E-state index is 13.3. The van der Waals surface area contributed by atoms with E-state index in [1.54, 1.807) is 0 Å². The molecule has 1 heterocycles. The Morgan fingerprint density at radius 2 is 1.59 bits per heavy atom. The van der Waals surface area contributed by atoms with Crippen molar-refractivity contribution in [3.8, 4) is 28.5 Å². The van der Waals surface area contributed by atoms with Gasteiger partial charge < -0.3 is 19.3 Å². The number of carbonyl (C=O) groups excluding carboxylic acids is 2. The van der Waals surface area contributed by atoms with E-state index in [0.717, 1.165) is 12.1 Å². The molecule has 0 atom stereocenters. The number of rotatable bonds is 11. The van der Waals surface area contributed by atoms with Gasteiger partial charge in [0.15, 0.2) is 23.1 Å². The van der Waals surface area contributed by atoms with Crippen LogP contribution in [0, 0.1) is 0 Å². The number of Topliss-reactive ketones (excluding diaryl/α,β-unsaturated/α-hetero) is 2. The van der Waals surface area contributed by atoms with Crippen LogP contribution < -0.4 is 14.2 Å². The number of methoxy groups -OCH3 is 2. The number of carbonyl (C=O) groups is 2. The number of aliphatic hydroxyl groups is 1. The molecule has 11 heteroatoms. The second-order valence-electron chi connectivity index (χ2n) is 7.72. The number of aliphatic hydroxyl groups excluding tert-OH is 1. The van der Waals surface area contributed by atoms with E-state index in [4.69, 9.17) is 30.9 Å². The highest BCUT2D eigenvalue weighted by Gasteiger charge is 2.33. The van der Waals surface area contributed by atoms with Gasteiger partial charge in [-0.05, 0) is 42.5 Å². The fraction of sp³-hybridized carbons (Fsp3) is 0.269. The largest absolute Gasteiger partial charge is 0.494 e. The molecule has 3 aromatic rings. The van der Waals surface area contributed by atoms with E-state index >= 15 is 0 Å². The fourth-order valence-corrected chi connectivity index (χ4v) is 3.70. The molecule has 0 unspecified atom stereocenters. The summed E-state index contributed by atoms with van der Waals surface area (Å²) in [5, 5.41) is 8.43. The minimum Gasteiger partial charge on any atom is -0.494 e. The zero-order valence-corrected chi connectivity index (χ0v) is 20.7. The maximum Gasteiger partial charge on any atom is 0.417 e. The van der Waals surface area contributed by atoms with Crippen LogP contribution in [0.15, 0.2) is 48.5 Å². The lowest BCUT2D eigenvalue weighted by atomic mass is 10.0. The molecule has 0 saturated heterocycles. The lowest BCUT2D eigenvalue weighted by Gasteiger charge is -2.13. The van der Waals surface area contributed by atoms with Gasteiger partial charge in [-0.2, -0.15) is 13.2 Å². The van der Waals surface area contributed by atoms with Crippen molar-refractivity contribution >= 4 is 23.2 Å². The van der Waals surface area contributed by atoms with Crippen molar-refractivity contribution in [2.45, 2.75) is 19.0 Å². The normalized spacial score (nSPS) is 11.2. The van der Waals surface area contributed by atoms with E-state index in [-0.39, 0.29) is 54.5 Å². The van der Waals surface area contributed by atoms with E-state index in [0.29, 0.717) is 17.1 Å². The summed E-state index contributed by atoms with van der Waals surface area (Å²) in [7, 11) is 2.74. The second-order valence-corrected chi connectivity index (χ2v) is 8.13. The first-order valence-corrected chi connectivity index (χ1v) is 11.4. The van der Waals surface area contributed by atoms with Gasteiger partial charge in [0.05, 0.1) is 31.4 Å². The van der Waals surface area contributed by atoms with Crippen LogP contribution in [0.3, 0.4) is 0 Å². The van der Waals surface area contributed by atoms with Crippen LogP contribution in [0.25, 0.3) is 11.3 Å². The second kappa shape index (κ2) is 12.1. The number of hydrogen-bond acceptors (Lipinski definition) is 7. The van der Waals surface area contributed by atoms with Crippen LogP contribution in [-0.4, -0.2) is 49.1 Å². The molecular formula is C26H23ClF3NO6. The van der Waals surface area contributed by atoms with E-state index in [1.807, 2.05) is 0 Å². The SMILES string of the molecule is COc1cc(C(=O)CCC(=O)c2ccc(OC)c(-c3ccc(Cl)c(C(F)(F)F)c3)n2)ccc1OCCO. The molecule has 2 aromatic carbocycles. The summed E-state index contributed by atoms with van der Waals surface area (Å²) in [4.78, 5) is 29.7. The monoisotopic (exact) mass is 537 g/mol. The lowest BCUT2D eigenvalue weighted by Crippen LogP contribution is -2.09. The van der Waals surface area contributed by atoms with Crippen LogP contribution in [-0.2, 0) is 6.18 Å². The molecule has 3 rings (SSSR count). The number of halogens is 4. The molecular weight excluding hydrogens is 515 g/mol. The molecule has 1 aromatic heterocycles. The first kappa shape index (κ1) is 27.9. The molecule has 1 N–H and O–H groups in total. The standard InChI is InChI=1S/C26H23ClF3NO6/c1-35-23-10-6-19(31-25(23)16-3-5-18(27)17(13-16)26(28,29)30)21(34)8-7-20(33)15-4-9-22(37-12-11-32)24(14-15)36-2/h3-6,9-10,13-14,32H,7-8,11-12H2,1-2H3. The van der Waals surface area contributed by atoms with Gasteiger partial charge in [0, 0.05) is 24.0 Å². The minimum absolute atomic E-state index is 0.0301. The Kier molecular flexibility index (Phi) is 9.12. The van der Waals surface area contributed by atoms with Gasteiger partial charge in [-0.1, -0.05) is 17.7 Å². The fourth-order valence-electron chi connectivity index (χ4n) is 3.48. The molecule has 0 fully saturated rings. The zero-order chi connectivity index (χ0) is 27.2. The van der Waals surface area contributed by atoms with Crippen molar-refractivity contribution in [1.29, 1.82) is 0 Å². The summed E-state index contributed by atoms with van der Waals surface area (Å²) in [6.45, 7) is -0.128. The molecule has 0 spiro atoms. The molecule has 0 bridgehead atoms. The number of pyridine rings is 1. The van der Waals surface area contributed by atoms with Crippen molar-refractivity contribution in [2.75, 3.05) is 27.4 Å². The Hall–Kier alpha value is -3.63. The van der Waals surface area contributed by atoms with Crippen molar-refractivity contribution in [1.82, 2.24) is 4.98 Å². The van der Waals surface area contributed by atoms with Crippen LogP contribution in [0.4, 0.5) is 13.2 Å². The van der Waals surface area contributed by atoms with Gasteiger partial charge in [-0.3, -0.25) is 9.59 Å². The van der Waals surface area contributed by atoms with Gasteiger partial charge >= 0.3 is 6.18 Å². The highest BCUT2D eigenvalue weighted by molar-refractivity contribution is 6.31. The summed E-state index contributed by atoms with van der Waals surface area (Å²) in [6.07, 6.45) is -5.00. The third kappa shape index (κ3) is 6.78. The molecule has 196 valence electrons. The topological polar surface area (TPSA) is 95.0 Å². The van der Waals surface area contributed by atoms with Gasteiger partial charge in [0.2, 0.25) is 0 Å². The smallest absolute Gasteiger partial charge is 0.417 e. The highest BCUT2D eigenvalue weighted by Crippen LogP contribution is 2.38. The molecule has 0 amide bonds. The van der Waals surface area contributed by atoms with Crippen LogP contribution in [0.1, 0.15) is 39.3 Å². The predicted molar refractivity (Wildman–Crippen MR) is 130 cm³/mol. The minimum atomic E-state index is -4.68. The van der Waals surface area contributed by atoms with Crippen molar-refractivity contribution in [2.24, 2.45) is 0 Å². The van der Waals surface area contributed by atoms with Gasteiger partial charge in [0.1, 0.15) is 23.7 Å². The van der Waals surface area contributed by atoms with E-state index in [1.165, 1.54) is 50.6 Å². The summed E-state index contributed by atoms with van der Waals surface area (Å²) in [5.74, 6) is 0.0145. The van der Waals surface area contributed by atoms with Gasteiger partial charge in [0.25, 0.3) is 0 Å². The molecule has 0 aliphatic carbocycles. The Bertz CT molecular complexity index is 1300. The summed E-state index contributed by atoms with van der Waals surface area (Å²) < 4.78 is 55.8. The number of ether oxygens (including phenoxy) is 3. The molecule has 37 heavy (non-hydrogen) atoms. The molecule has 7 nitrogen and oxygen atoms in total. The van der Waals surface area contributed by atoms with Crippen molar-refractivity contribution in [3.63, 3.8) is 0 Å². The summed E-state index contributed by atoms with van der Waals surface area (Å²) >= 11 is 5.71. The third-order valence-corrected chi connectivity index (χ3v) is 5.65. The van der Waals surface area contributed by atoms with E-state index in [2.05, 4.69) is 4.98 Å². The van der Waals surface area contributed by atoms with Crippen LogP contribution >= 0.6 is 11.6 Å². The first-order valence-electron chi connectivity index (χ1n) is 11.0. The molecule has 0 aliphatic rings. The number of nitrogens with zero attached hydrogens (tertiary/aromatic N) is 1. The van der Waals surface area contributed by atoms with Crippen LogP contribution in [0.5, 0.6) is 17.2 Å². The molecule has 0 saturated carbocycles. The number of aromatic nitrogens is 1. The van der Waals surface area contributed by atoms with Gasteiger partial charge in [-0.15, -0.1) is 0 Å². The quantitative estimate of drug-likeness (QED) is 0.316. The lowest BCUT2D eigenvalue weighted by molar-refractivity contribution is -0.137. The number of alkyl halides is 3. The van der Waals surface area contributed by atoms with Crippen molar-refractivity contribution in [3.05, 3.63) is 70.4 Å². The van der Waals surface area contributed by atoms with Crippen molar-refractivity contribution < 1.29 is 42.1 Å². The number of hydrogen-bond donors (Lipinski definition) is 1. The number of ketones is 2. The Labute approximate surface area is 215 Å². The van der Waals surface area contributed by atoms with E-state index < -0.39 is 22.5 Å².